The number of nitrogens with zero attached hydrogens (tertiary/aromatic N) is 1. The van der Waals surface area contributed by atoms with Crippen molar-refractivity contribution in [2.75, 3.05) is 11.9 Å². The summed E-state index contributed by atoms with van der Waals surface area (Å²) in [5, 5.41) is 2.93. The second-order valence-electron chi connectivity index (χ2n) is 5.39. The van der Waals surface area contributed by atoms with E-state index in [0.29, 0.717) is 13.1 Å². The van der Waals surface area contributed by atoms with Crippen LogP contribution in [0.15, 0.2) is 42.5 Å². The predicted octanol–water partition coefficient (Wildman–Crippen LogP) is 4.50. The predicted molar refractivity (Wildman–Crippen MR) is 87.4 cm³/mol. The van der Waals surface area contributed by atoms with E-state index in [9.17, 15) is 9.18 Å². The summed E-state index contributed by atoms with van der Waals surface area (Å²) in [6.07, 6.45) is 0. The minimum atomic E-state index is -0.288. The first-order valence-corrected chi connectivity index (χ1v) is 7.37. The van der Waals surface area contributed by atoms with Crippen LogP contribution in [0.3, 0.4) is 0 Å². The number of amides is 2. The molecule has 0 aliphatic rings. The number of hydrogen-bond donors (Lipinski definition) is 1. The molecule has 4 heteroatoms. The zero-order valence-corrected chi connectivity index (χ0v) is 13.2. The van der Waals surface area contributed by atoms with Crippen LogP contribution >= 0.6 is 0 Å². The summed E-state index contributed by atoms with van der Waals surface area (Å²) >= 11 is 0. The standard InChI is InChI=1S/C18H21FN2O/c1-4-21(12-15-6-5-7-16(19)11-15)18(22)20-17-10-13(2)8-9-14(17)3/h5-11H,4,12H2,1-3H3,(H,20,22). The van der Waals surface area contributed by atoms with Gasteiger partial charge in [0.05, 0.1) is 0 Å². The van der Waals surface area contributed by atoms with Crippen LogP contribution in [0.1, 0.15) is 23.6 Å². The number of aryl methyl sites for hydroxylation is 2. The van der Waals surface area contributed by atoms with Gasteiger partial charge < -0.3 is 10.2 Å². The highest BCUT2D eigenvalue weighted by Crippen LogP contribution is 2.17. The van der Waals surface area contributed by atoms with Crippen LogP contribution in [0.4, 0.5) is 14.9 Å². The topological polar surface area (TPSA) is 32.3 Å². The summed E-state index contributed by atoms with van der Waals surface area (Å²) in [5.74, 6) is -0.288. The lowest BCUT2D eigenvalue weighted by Gasteiger charge is -2.22. The number of urea groups is 1. The highest BCUT2D eigenvalue weighted by atomic mass is 19.1. The molecule has 2 amide bonds. The van der Waals surface area contributed by atoms with E-state index in [4.69, 9.17) is 0 Å². The van der Waals surface area contributed by atoms with Crippen molar-refractivity contribution < 1.29 is 9.18 Å². The summed E-state index contributed by atoms with van der Waals surface area (Å²) < 4.78 is 13.2. The van der Waals surface area contributed by atoms with E-state index >= 15 is 0 Å². The van der Waals surface area contributed by atoms with Crippen molar-refractivity contribution in [1.29, 1.82) is 0 Å². The summed E-state index contributed by atoms with van der Waals surface area (Å²) in [4.78, 5) is 14.1. The highest BCUT2D eigenvalue weighted by molar-refractivity contribution is 5.90. The van der Waals surface area contributed by atoms with Crippen molar-refractivity contribution in [3.63, 3.8) is 0 Å². The number of benzene rings is 2. The van der Waals surface area contributed by atoms with Crippen molar-refractivity contribution in [2.24, 2.45) is 0 Å². The van der Waals surface area contributed by atoms with Gasteiger partial charge in [-0.25, -0.2) is 9.18 Å². The summed E-state index contributed by atoms with van der Waals surface area (Å²) in [7, 11) is 0. The number of nitrogens with one attached hydrogen (secondary N) is 1. The second kappa shape index (κ2) is 7.07. The van der Waals surface area contributed by atoms with Gasteiger partial charge in [0, 0.05) is 18.8 Å². The van der Waals surface area contributed by atoms with Crippen LogP contribution in [0.2, 0.25) is 0 Å². The zero-order chi connectivity index (χ0) is 16.1. The van der Waals surface area contributed by atoms with Gasteiger partial charge >= 0.3 is 6.03 Å². The Bertz CT molecular complexity index is 670. The maximum absolute atomic E-state index is 13.2. The van der Waals surface area contributed by atoms with E-state index in [1.807, 2.05) is 45.0 Å². The fourth-order valence-corrected chi connectivity index (χ4v) is 2.25. The van der Waals surface area contributed by atoms with E-state index in [0.717, 1.165) is 22.4 Å². The first-order chi connectivity index (χ1) is 10.5. The van der Waals surface area contributed by atoms with Crippen molar-refractivity contribution in [3.05, 3.63) is 65.0 Å². The van der Waals surface area contributed by atoms with Crippen molar-refractivity contribution in [1.82, 2.24) is 4.90 Å². The van der Waals surface area contributed by atoms with Crippen LogP contribution < -0.4 is 5.32 Å². The SMILES string of the molecule is CCN(Cc1cccc(F)c1)C(=O)Nc1cc(C)ccc1C. The van der Waals surface area contributed by atoms with E-state index in [2.05, 4.69) is 5.32 Å². The first-order valence-electron chi connectivity index (χ1n) is 7.37. The largest absolute Gasteiger partial charge is 0.322 e. The van der Waals surface area contributed by atoms with Crippen LogP contribution in [0.25, 0.3) is 0 Å². The molecule has 0 aliphatic carbocycles. The molecule has 2 aromatic rings. The molecule has 0 aromatic heterocycles. The molecule has 0 unspecified atom stereocenters. The van der Waals surface area contributed by atoms with E-state index in [1.54, 1.807) is 11.0 Å². The van der Waals surface area contributed by atoms with E-state index in [1.165, 1.54) is 12.1 Å². The van der Waals surface area contributed by atoms with Gasteiger partial charge in [0.1, 0.15) is 5.82 Å². The molecule has 0 aliphatic heterocycles. The molecule has 2 aromatic carbocycles. The quantitative estimate of drug-likeness (QED) is 0.886. The Morgan fingerprint density at radius 2 is 1.95 bits per heavy atom. The van der Waals surface area contributed by atoms with E-state index < -0.39 is 0 Å². The van der Waals surface area contributed by atoms with Gasteiger partial charge in [-0.2, -0.15) is 0 Å². The maximum atomic E-state index is 13.2. The summed E-state index contributed by atoms with van der Waals surface area (Å²) in [6.45, 7) is 6.78. The van der Waals surface area contributed by atoms with Crippen LogP contribution in [-0.2, 0) is 6.54 Å². The Hall–Kier alpha value is -2.36. The Morgan fingerprint density at radius 1 is 1.18 bits per heavy atom. The molecule has 0 atom stereocenters. The normalized spacial score (nSPS) is 10.4. The number of carbonyl (C=O) groups excluding carboxylic acids is 1. The maximum Gasteiger partial charge on any atom is 0.322 e. The van der Waals surface area contributed by atoms with Gasteiger partial charge in [-0.15, -0.1) is 0 Å². The number of halogens is 1. The van der Waals surface area contributed by atoms with Crippen LogP contribution in [0.5, 0.6) is 0 Å². The van der Waals surface area contributed by atoms with Crippen molar-refractivity contribution in [3.8, 4) is 0 Å². The molecule has 0 heterocycles. The minimum Gasteiger partial charge on any atom is -0.320 e. The Morgan fingerprint density at radius 3 is 2.64 bits per heavy atom. The van der Waals surface area contributed by atoms with Gasteiger partial charge in [0.25, 0.3) is 0 Å². The smallest absolute Gasteiger partial charge is 0.320 e. The molecular weight excluding hydrogens is 279 g/mol. The molecular formula is C18H21FN2O. The van der Waals surface area contributed by atoms with Gasteiger partial charge in [-0.05, 0) is 55.7 Å². The molecule has 0 bridgehead atoms. The zero-order valence-electron chi connectivity index (χ0n) is 13.2. The van der Waals surface area contributed by atoms with Gasteiger partial charge in [0.2, 0.25) is 0 Å². The van der Waals surface area contributed by atoms with Crippen molar-refractivity contribution >= 4 is 11.7 Å². The van der Waals surface area contributed by atoms with Gasteiger partial charge in [0.15, 0.2) is 0 Å². The molecule has 22 heavy (non-hydrogen) atoms. The third-order valence-corrected chi connectivity index (χ3v) is 3.57. The third-order valence-electron chi connectivity index (χ3n) is 3.57. The van der Waals surface area contributed by atoms with Crippen LogP contribution in [0, 0.1) is 19.7 Å². The lowest BCUT2D eigenvalue weighted by Crippen LogP contribution is -2.34. The fourth-order valence-electron chi connectivity index (χ4n) is 2.25. The fraction of sp³-hybridized carbons (Fsp3) is 0.278. The average Bonchev–Trinajstić information content (AvgIpc) is 2.48. The van der Waals surface area contributed by atoms with Gasteiger partial charge in [-0.1, -0.05) is 24.3 Å². The Labute approximate surface area is 130 Å². The molecule has 3 nitrogen and oxygen atoms in total. The van der Waals surface area contributed by atoms with Crippen molar-refractivity contribution in [2.45, 2.75) is 27.3 Å². The minimum absolute atomic E-state index is 0.180. The van der Waals surface area contributed by atoms with E-state index in [-0.39, 0.29) is 11.8 Å². The highest BCUT2D eigenvalue weighted by Gasteiger charge is 2.13. The number of anilines is 1. The average molecular weight is 300 g/mol. The summed E-state index contributed by atoms with van der Waals surface area (Å²) in [6, 6.07) is 12.1. The molecule has 0 saturated carbocycles. The van der Waals surface area contributed by atoms with Crippen LogP contribution in [-0.4, -0.2) is 17.5 Å². The number of carbonyl (C=O) groups is 1. The molecule has 116 valence electrons. The monoisotopic (exact) mass is 300 g/mol. The lowest BCUT2D eigenvalue weighted by atomic mass is 10.1. The first kappa shape index (κ1) is 16.0. The molecule has 0 spiro atoms. The van der Waals surface area contributed by atoms with Gasteiger partial charge in [-0.3, -0.25) is 0 Å². The molecule has 1 N–H and O–H groups in total. The Kier molecular flexibility index (Phi) is 5.15. The molecule has 0 radical (unpaired) electrons. The number of rotatable bonds is 4. The Balaban J connectivity index is 2.10. The molecule has 0 fully saturated rings. The molecule has 0 saturated heterocycles. The third kappa shape index (κ3) is 4.07. The summed E-state index contributed by atoms with van der Waals surface area (Å²) in [5.41, 5.74) is 3.69. The lowest BCUT2D eigenvalue weighted by molar-refractivity contribution is 0.212. The molecule has 2 rings (SSSR count). The second-order valence-corrected chi connectivity index (χ2v) is 5.39. The number of hydrogen-bond acceptors (Lipinski definition) is 1.